The minimum atomic E-state index is -0.270. The Hall–Kier alpha value is -3.47. The van der Waals surface area contributed by atoms with Gasteiger partial charge in [0.25, 0.3) is 5.91 Å². The number of azide groups is 2. The molecule has 2 aromatic carbocycles. The molecule has 0 N–H and O–H groups in total. The number of carbonyl (C=O) groups excluding carboxylic acids is 1. The lowest BCUT2D eigenvalue weighted by Gasteiger charge is -2.18. The van der Waals surface area contributed by atoms with Crippen molar-refractivity contribution in [1.29, 1.82) is 0 Å². The number of hydrogen-bond donors (Lipinski definition) is 0. The van der Waals surface area contributed by atoms with Crippen molar-refractivity contribution in [2.45, 2.75) is 0 Å². The van der Waals surface area contributed by atoms with Gasteiger partial charge >= 0.3 is 0 Å². The molecule has 1 amide bonds. The van der Waals surface area contributed by atoms with E-state index in [1.165, 1.54) is 11.0 Å². The summed E-state index contributed by atoms with van der Waals surface area (Å²) in [7, 11) is 1.61. The van der Waals surface area contributed by atoms with E-state index in [9.17, 15) is 4.79 Å². The monoisotopic (exact) mass is 293 g/mol. The summed E-state index contributed by atoms with van der Waals surface area (Å²) in [6.45, 7) is 0. The van der Waals surface area contributed by atoms with Crippen LogP contribution in [0.25, 0.3) is 20.9 Å². The number of hydrogen-bond acceptors (Lipinski definition) is 3. The third-order valence-electron chi connectivity index (χ3n) is 2.94. The van der Waals surface area contributed by atoms with Crippen LogP contribution in [0.2, 0.25) is 0 Å². The van der Waals surface area contributed by atoms with Crippen LogP contribution < -0.4 is 4.90 Å². The van der Waals surface area contributed by atoms with Gasteiger partial charge < -0.3 is 4.90 Å². The lowest BCUT2D eigenvalue weighted by molar-refractivity contribution is 0.0993. The predicted octanol–water partition coefficient (Wildman–Crippen LogP) is 4.85. The van der Waals surface area contributed by atoms with Crippen molar-refractivity contribution in [3.8, 4) is 0 Å². The molecule has 0 spiro atoms. The summed E-state index contributed by atoms with van der Waals surface area (Å²) in [5, 5.41) is 6.98. The average molecular weight is 293 g/mol. The molecular formula is C14H11N7O. The van der Waals surface area contributed by atoms with Crippen LogP contribution in [0.5, 0.6) is 0 Å². The Morgan fingerprint density at radius 1 is 1.00 bits per heavy atom. The molecule has 8 heteroatoms. The van der Waals surface area contributed by atoms with E-state index in [2.05, 4.69) is 20.1 Å². The maximum Gasteiger partial charge on any atom is 0.258 e. The molecule has 0 heterocycles. The molecule has 0 saturated heterocycles. The van der Waals surface area contributed by atoms with Crippen molar-refractivity contribution in [2.75, 3.05) is 11.9 Å². The largest absolute Gasteiger partial charge is 0.311 e. The van der Waals surface area contributed by atoms with Gasteiger partial charge in [-0.05, 0) is 35.3 Å². The number of rotatable bonds is 4. The van der Waals surface area contributed by atoms with Crippen LogP contribution in [0.3, 0.4) is 0 Å². The van der Waals surface area contributed by atoms with E-state index >= 15 is 0 Å². The molecule has 0 radical (unpaired) electrons. The highest BCUT2D eigenvalue weighted by molar-refractivity contribution is 6.06. The van der Waals surface area contributed by atoms with E-state index in [4.69, 9.17) is 11.1 Å². The first kappa shape index (κ1) is 14.9. The Bertz CT molecular complexity index is 804. The summed E-state index contributed by atoms with van der Waals surface area (Å²) in [6, 6.07) is 13.1. The third kappa shape index (κ3) is 3.34. The van der Waals surface area contributed by atoms with Crippen LogP contribution >= 0.6 is 0 Å². The topological polar surface area (TPSA) is 118 Å². The average Bonchev–Trinajstić information content (AvgIpc) is 2.55. The molecule has 0 aromatic heterocycles. The second-order valence-corrected chi connectivity index (χ2v) is 4.31. The Morgan fingerprint density at radius 2 is 1.59 bits per heavy atom. The van der Waals surface area contributed by atoms with Crippen LogP contribution in [-0.2, 0) is 0 Å². The number of benzene rings is 2. The van der Waals surface area contributed by atoms with Gasteiger partial charge in [-0.3, -0.25) is 4.79 Å². The van der Waals surface area contributed by atoms with Gasteiger partial charge in [-0.15, -0.1) is 0 Å². The van der Waals surface area contributed by atoms with E-state index in [0.29, 0.717) is 22.6 Å². The van der Waals surface area contributed by atoms with Gasteiger partial charge in [0.2, 0.25) is 0 Å². The Morgan fingerprint density at radius 3 is 2.23 bits per heavy atom. The molecule has 8 nitrogen and oxygen atoms in total. The molecule has 108 valence electrons. The summed E-state index contributed by atoms with van der Waals surface area (Å²) >= 11 is 0. The van der Waals surface area contributed by atoms with Crippen molar-refractivity contribution in [3.05, 3.63) is 75.0 Å². The molecule has 22 heavy (non-hydrogen) atoms. The molecule has 0 saturated carbocycles. The minimum Gasteiger partial charge on any atom is -0.311 e. The summed E-state index contributed by atoms with van der Waals surface area (Å²) in [4.78, 5) is 19.3. The number of amides is 1. The number of nitrogens with zero attached hydrogens (tertiary/aromatic N) is 7. The fourth-order valence-corrected chi connectivity index (χ4v) is 1.88. The van der Waals surface area contributed by atoms with Gasteiger partial charge in [0, 0.05) is 39.5 Å². The van der Waals surface area contributed by atoms with Gasteiger partial charge in [0.15, 0.2) is 0 Å². The van der Waals surface area contributed by atoms with E-state index in [-0.39, 0.29) is 5.91 Å². The lowest BCUT2D eigenvalue weighted by atomic mass is 10.1. The first-order chi connectivity index (χ1) is 10.7. The van der Waals surface area contributed by atoms with Crippen LogP contribution in [0.1, 0.15) is 10.4 Å². The summed E-state index contributed by atoms with van der Waals surface area (Å²) in [5.41, 5.74) is 18.7. The number of anilines is 1. The summed E-state index contributed by atoms with van der Waals surface area (Å²) in [5.74, 6) is -0.270. The molecule has 0 aliphatic rings. The van der Waals surface area contributed by atoms with Gasteiger partial charge in [-0.1, -0.05) is 34.5 Å². The maximum absolute atomic E-state index is 12.5. The van der Waals surface area contributed by atoms with Crippen LogP contribution in [-0.4, -0.2) is 13.0 Å². The first-order valence-electron chi connectivity index (χ1n) is 6.24. The van der Waals surface area contributed by atoms with Crippen LogP contribution in [0.4, 0.5) is 17.1 Å². The van der Waals surface area contributed by atoms with Crippen molar-refractivity contribution >= 4 is 23.0 Å². The quantitative estimate of drug-likeness (QED) is 0.447. The van der Waals surface area contributed by atoms with Crippen molar-refractivity contribution in [2.24, 2.45) is 10.2 Å². The zero-order valence-corrected chi connectivity index (χ0v) is 11.7. The van der Waals surface area contributed by atoms with Crippen LogP contribution in [0, 0.1) is 0 Å². The van der Waals surface area contributed by atoms with Crippen LogP contribution in [0.15, 0.2) is 58.8 Å². The molecule has 0 atom stereocenters. The summed E-state index contributed by atoms with van der Waals surface area (Å²) < 4.78 is 0. The standard InChI is InChI=1S/C14H11N7O/c1-21(13-7-3-6-12(9-13)18-20-16)14(22)10-4-2-5-11(8-10)17-19-15/h2-9H,1H3. The highest BCUT2D eigenvalue weighted by Crippen LogP contribution is 2.23. The van der Waals surface area contributed by atoms with Gasteiger partial charge in [-0.25, -0.2) is 0 Å². The zero-order chi connectivity index (χ0) is 15.9. The normalized spacial score (nSPS) is 9.32. The van der Waals surface area contributed by atoms with Crippen molar-refractivity contribution in [3.63, 3.8) is 0 Å². The lowest BCUT2D eigenvalue weighted by Crippen LogP contribution is -2.26. The maximum atomic E-state index is 12.5. The summed E-state index contributed by atoms with van der Waals surface area (Å²) in [6.07, 6.45) is 0. The van der Waals surface area contributed by atoms with Gasteiger partial charge in [0.1, 0.15) is 0 Å². The second kappa shape index (κ2) is 6.81. The Labute approximate surface area is 125 Å². The Balaban J connectivity index is 2.32. The molecule has 2 aromatic rings. The predicted molar refractivity (Wildman–Crippen MR) is 83.2 cm³/mol. The highest BCUT2D eigenvalue weighted by Gasteiger charge is 2.13. The fraction of sp³-hybridized carbons (Fsp3) is 0.0714. The SMILES string of the molecule is CN(C(=O)c1cccc(N=[N+]=[N-])c1)c1cccc(N=[N+]=[N-])c1. The van der Waals surface area contributed by atoms with E-state index in [1.807, 2.05) is 0 Å². The third-order valence-corrected chi connectivity index (χ3v) is 2.94. The van der Waals surface area contributed by atoms with Crippen molar-refractivity contribution < 1.29 is 4.79 Å². The smallest absolute Gasteiger partial charge is 0.258 e. The van der Waals surface area contributed by atoms with Gasteiger partial charge in [0.05, 0.1) is 0 Å². The fourth-order valence-electron chi connectivity index (χ4n) is 1.88. The first-order valence-corrected chi connectivity index (χ1v) is 6.24. The molecule has 0 bridgehead atoms. The molecule has 0 aliphatic carbocycles. The second-order valence-electron chi connectivity index (χ2n) is 4.31. The zero-order valence-electron chi connectivity index (χ0n) is 11.7. The molecule has 2 rings (SSSR count). The van der Waals surface area contributed by atoms with Gasteiger partial charge in [-0.2, -0.15) is 0 Å². The van der Waals surface area contributed by atoms with E-state index < -0.39 is 0 Å². The minimum absolute atomic E-state index is 0.270. The Kier molecular flexibility index (Phi) is 4.62. The molecule has 0 fully saturated rings. The molecule has 0 unspecified atom stereocenters. The highest BCUT2D eigenvalue weighted by atomic mass is 16.2. The molecular weight excluding hydrogens is 282 g/mol. The van der Waals surface area contributed by atoms with E-state index in [0.717, 1.165) is 0 Å². The van der Waals surface area contributed by atoms with E-state index in [1.54, 1.807) is 49.5 Å². The molecule has 0 aliphatic heterocycles. The number of carbonyl (C=O) groups is 1. The van der Waals surface area contributed by atoms with Crippen molar-refractivity contribution in [1.82, 2.24) is 0 Å².